The fourth-order valence-corrected chi connectivity index (χ4v) is 2.34. The molecular weight excluding hydrogens is 290 g/mol. The van der Waals surface area contributed by atoms with E-state index in [9.17, 15) is 8.42 Å². The first-order valence-corrected chi connectivity index (χ1v) is 7.87. The van der Waals surface area contributed by atoms with E-state index in [0.717, 1.165) is 11.4 Å². The molecule has 2 aromatic rings. The second-order valence-corrected chi connectivity index (χ2v) is 5.94. The normalized spacial score (nSPS) is 11.1. The predicted molar refractivity (Wildman–Crippen MR) is 83.1 cm³/mol. The molecule has 0 aliphatic rings. The van der Waals surface area contributed by atoms with Gasteiger partial charge in [0.25, 0.3) is 0 Å². The van der Waals surface area contributed by atoms with Gasteiger partial charge in [-0.3, -0.25) is 0 Å². The second kappa shape index (κ2) is 6.02. The van der Waals surface area contributed by atoms with Crippen molar-refractivity contribution in [1.29, 1.82) is 0 Å². The lowest BCUT2D eigenvalue weighted by atomic mass is 10.2. The number of rotatable bonds is 5. The van der Waals surface area contributed by atoms with Crippen molar-refractivity contribution in [2.24, 2.45) is 5.14 Å². The SMILES string of the molecule is CCOc1ccc(Nc2ccc(S(N)(=O)=O)cc2N)cc1. The summed E-state index contributed by atoms with van der Waals surface area (Å²) in [6, 6.07) is 11.7. The number of benzene rings is 2. The Labute approximate surface area is 123 Å². The van der Waals surface area contributed by atoms with Crippen LogP contribution in [0.1, 0.15) is 6.92 Å². The summed E-state index contributed by atoms with van der Waals surface area (Å²) in [6.45, 7) is 2.52. The zero-order valence-electron chi connectivity index (χ0n) is 11.5. The number of sulfonamides is 1. The Kier molecular flexibility index (Phi) is 4.35. The molecule has 112 valence electrons. The van der Waals surface area contributed by atoms with E-state index in [1.165, 1.54) is 12.1 Å². The van der Waals surface area contributed by atoms with E-state index in [4.69, 9.17) is 15.6 Å². The highest BCUT2D eigenvalue weighted by atomic mass is 32.2. The van der Waals surface area contributed by atoms with E-state index < -0.39 is 10.0 Å². The van der Waals surface area contributed by atoms with Crippen LogP contribution in [0.3, 0.4) is 0 Å². The maximum absolute atomic E-state index is 11.2. The van der Waals surface area contributed by atoms with Crippen molar-refractivity contribution in [3.63, 3.8) is 0 Å². The largest absolute Gasteiger partial charge is 0.494 e. The number of hydrogen-bond acceptors (Lipinski definition) is 5. The minimum Gasteiger partial charge on any atom is -0.494 e. The third-order valence-electron chi connectivity index (χ3n) is 2.80. The molecule has 0 amide bonds. The molecule has 6 nitrogen and oxygen atoms in total. The molecular formula is C14H17N3O3S. The van der Waals surface area contributed by atoms with Crippen molar-refractivity contribution in [2.75, 3.05) is 17.7 Å². The molecule has 21 heavy (non-hydrogen) atoms. The smallest absolute Gasteiger partial charge is 0.238 e. The van der Waals surface area contributed by atoms with Gasteiger partial charge in [-0.1, -0.05) is 0 Å². The van der Waals surface area contributed by atoms with Gasteiger partial charge >= 0.3 is 0 Å². The zero-order valence-corrected chi connectivity index (χ0v) is 12.4. The monoisotopic (exact) mass is 307 g/mol. The molecule has 0 spiro atoms. The molecule has 0 heterocycles. The maximum atomic E-state index is 11.2. The molecule has 0 fully saturated rings. The first-order chi connectivity index (χ1) is 9.90. The third-order valence-corrected chi connectivity index (χ3v) is 3.71. The molecule has 0 aromatic heterocycles. The molecule has 2 aromatic carbocycles. The van der Waals surface area contributed by atoms with E-state index in [0.29, 0.717) is 18.0 Å². The molecule has 7 heteroatoms. The Morgan fingerprint density at radius 2 is 1.81 bits per heavy atom. The van der Waals surface area contributed by atoms with Gasteiger partial charge in [0.1, 0.15) is 5.75 Å². The summed E-state index contributed by atoms with van der Waals surface area (Å²) in [5.74, 6) is 0.778. The zero-order chi connectivity index (χ0) is 15.5. The summed E-state index contributed by atoms with van der Waals surface area (Å²) in [5, 5.41) is 8.16. The summed E-state index contributed by atoms with van der Waals surface area (Å²) < 4.78 is 27.8. The Hall–Kier alpha value is -2.25. The van der Waals surface area contributed by atoms with Gasteiger partial charge < -0.3 is 15.8 Å². The van der Waals surface area contributed by atoms with Crippen molar-refractivity contribution < 1.29 is 13.2 Å². The van der Waals surface area contributed by atoms with Crippen molar-refractivity contribution in [2.45, 2.75) is 11.8 Å². The molecule has 5 N–H and O–H groups in total. The molecule has 0 saturated carbocycles. The minimum atomic E-state index is -3.75. The number of nitrogens with two attached hydrogens (primary N) is 2. The number of ether oxygens (including phenoxy) is 1. The van der Waals surface area contributed by atoms with Crippen LogP contribution < -0.4 is 20.9 Å². The van der Waals surface area contributed by atoms with Crippen LogP contribution in [0.4, 0.5) is 17.1 Å². The van der Waals surface area contributed by atoms with Gasteiger partial charge in [-0.05, 0) is 49.4 Å². The van der Waals surface area contributed by atoms with Crippen molar-refractivity contribution in [1.82, 2.24) is 0 Å². The van der Waals surface area contributed by atoms with Gasteiger partial charge in [0.05, 0.1) is 22.9 Å². The van der Waals surface area contributed by atoms with Gasteiger partial charge in [0.2, 0.25) is 10.0 Å². The fraction of sp³-hybridized carbons (Fsp3) is 0.143. The highest BCUT2D eigenvalue weighted by molar-refractivity contribution is 7.89. The summed E-state index contributed by atoms with van der Waals surface area (Å²) in [4.78, 5) is -0.0164. The number of nitrogen functional groups attached to an aromatic ring is 1. The van der Waals surface area contributed by atoms with Crippen LogP contribution in [-0.2, 0) is 10.0 Å². The van der Waals surface area contributed by atoms with E-state index in [1.807, 2.05) is 31.2 Å². The van der Waals surface area contributed by atoms with Crippen molar-refractivity contribution >= 4 is 27.1 Å². The number of anilines is 3. The molecule has 0 aliphatic carbocycles. The quantitative estimate of drug-likeness (QED) is 0.733. The minimum absolute atomic E-state index is 0.0164. The molecule has 0 bridgehead atoms. The highest BCUT2D eigenvalue weighted by Gasteiger charge is 2.10. The van der Waals surface area contributed by atoms with Crippen LogP contribution in [0.25, 0.3) is 0 Å². The molecule has 0 saturated heterocycles. The summed E-state index contributed by atoms with van der Waals surface area (Å²) >= 11 is 0. The van der Waals surface area contributed by atoms with Gasteiger partial charge in [0, 0.05) is 5.69 Å². The lowest BCUT2D eigenvalue weighted by Gasteiger charge is -2.11. The Morgan fingerprint density at radius 3 is 2.33 bits per heavy atom. The molecule has 0 unspecified atom stereocenters. The summed E-state index contributed by atoms with van der Waals surface area (Å²) in [6.07, 6.45) is 0. The topological polar surface area (TPSA) is 107 Å². The summed E-state index contributed by atoms with van der Waals surface area (Å²) in [7, 11) is -3.75. The highest BCUT2D eigenvalue weighted by Crippen LogP contribution is 2.26. The first kappa shape index (κ1) is 15.1. The van der Waals surface area contributed by atoms with Gasteiger partial charge in [-0.15, -0.1) is 0 Å². The Bertz CT molecular complexity index is 728. The third kappa shape index (κ3) is 3.87. The summed E-state index contributed by atoms with van der Waals surface area (Å²) in [5.41, 5.74) is 7.55. The maximum Gasteiger partial charge on any atom is 0.238 e. The Morgan fingerprint density at radius 1 is 1.14 bits per heavy atom. The van der Waals surface area contributed by atoms with Gasteiger partial charge in [-0.2, -0.15) is 0 Å². The van der Waals surface area contributed by atoms with Crippen LogP contribution in [-0.4, -0.2) is 15.0 Å². The number of hydrogen-bond donors (Lipinski definition) is 3. The second-order valence-electron chi connectivity index (χ2n) is 4.38. The molecule has 2 rings (SSSR count). The van der Waals surface area contributed by atoms with Crippen LogP contribution >= 0.6 is 0 Å². The molecule has 0 aliphatic heterocycles. The average Bonchev–Trinajstić information content (AvgIpc) is 2.42. The Balaban J connectivity index is 2.20. The van der Waals surface area contributed by atoms with E-state index >= 15 is 0 Å². The van der Waals surface area contributed by atoms with E-state index in [1.54, 1.807) is 6.07 Å². The van der Waals surface area contributed by atoms with E-state index in [-0.39, 0.29) is 4.90 Å². The van der Waals surface area contributed by atoms with Gasteiger partial charge in [0.15, 0.2) is 0 Å². The van der Waals surface area contributed by atoms with Crippen molar-refractivity contribution in [3.8, 4) is 5.75 Å². The average molecular weight is 307 g/mol. The van der Waals surface area contributed by atoms with Crippen LogP contribution in [0, 0.1) is 0 Å². The van der Waals surface area contributed by atoms with Crippen LogP contribution in [0.15, 0.2) is 47.4 Å². The number of nitrogens with one attached hydrogen (secondary N) is 1. The predicted octanol–water partition coefficient (Wildman–Crippen LogP) is 2.06. The number of primary sulfonamides is 1. The van der Waals surface area contributed by atoms with Gasteiger partial charge in [-0.25, -0.2) is 13.6 Å². The molecule has 0 radical (unpaired) electrons. The lowest BCUT2D eigenvalue weighted by molar-refractivity contribution is 0.340. The fourth-order valence-electron chi connectivity index (χ4n) is 1.79. The first-order valence-electron chi connectivity index (χ1n) is 6.32. The lowest BCUT2D eigenvalue weighted by Crippen LogP contribution is -2.12. The molecule has 0 atom stereocenters. The standard InChI is InChI=1S/C14H17N3O3S/c1-2-20-11-5-3-10(4-6-11)17-14-8-7-12(9-13(14)15)21(16,18)19/h3-9,17H,2,15H2,1H3,(H2,16,18,19). The van der Waals surface area contributed by atoms with E-state index in [2.05, 4.69) is 5.32 Å². The van der Waals surface area contributed by atoms with Crippen LogP contribution in [0.5, 0.6) is 5.75 Å². The van der Waals surface area contributed by atoms with Crippen molar-refractivity contribution in [3.05, 3.63) is 42.5 Å². The van der Waals surface area contributed by atoms with Crippen LogP contribution in [0.2, 0.25) is 0 Å².